The first-order valence-electron chi connectivity index (χ1n) is 17.2. The van der Waals surface area contributed by atoms with Crippen LogP contribution in [0.4, 0.5) is 0 Å². The molecule has 0 N–H and O–H groups in total. The molecule has 4 heterocycles. The van der Waals surface area contributed by atoms with Gasteiger partial charge in [0, 0.05) is 44.4 Å². The number of aromatic nitrogens is 4. The Labute approximate surface area is 296 Å². The van der Waals surface area contributed by atoms with Gasteiger partial charge in [0.25, 0.3) is 0 Å². The van der Waals surface area contributed by atoms with Gasteiger partial charge in [0.05, 0.1) is 0 Å². The lowest BCUT2D eigenvalue weighted by molar-refractivity contribution is 0.654. The minimum absolute atomic E-state index is 0.543. The van der Waals surface area contributed by atoms with Gasteiger partial charge in [-0.15, -0.1) is 0 Å². The first kappa shape index (κ1) is 28.6. The molecule has 0 aliphatic heterocycles. The van der Waals surface area contributed by atoms with Crippen molar-refractivity contribution in [3.63, 3.8) is 0 Å². The summed E-state index contributed by atoms with van der Waals surface area (Å²) >= 11 is 0. The van der Waals surface area contributed by atoms with Gasteiger partial charge >= 0.3 is 0 Å². The number of fused-ring (bicyclic) bond motifs is 9. The van der Waals surface area contributed by atoms with Crippen molar-refractivity contribution in [2.45, 2.75) is 0 Å². The molecule has 0 saturated carbocycles. The van der Waals surface area contributed by atoms with Crippen molar-refractivity contribution in [2.75, 3.05) is 0 Å². The van der Waals surface area contributed by atoms with Crippen molar-refractivity contribution in [3.05, 3.63) is 158 Å². The van der Waals surface area contributed by atoms with Gasteiger partial charge in [-0.25, -0.2) is 19.9 Å². The maximum Gasteiger partial charge on any atom is 0.227 e. The van der Waals surface area contributed by atoms with Crippen LogP contribution in [0.5, 0.6) is 0 Å². The van der Waals surface area contributed by atoms with Crippen LogP contribution in [0.25, 0.3) is 111 Å². The molecule has 0 saturated heterocycles. The highest BCUT2D eigenvalue weighted by Gasteiger charge is 2.19. The molecule has 0 fully saturated rings. The summed E-state index contributed by atoms with van der Waals surface area (Å²) in [4.78, 5) is 19.9. The monoisotopic (exact) mass is 666 g/mol. The Balaban J connectivity index is 1.14. The third-order valence-electron chi connectivity index (χ3n) is 9.99. The predicted molar refractivity (Wildman–Crippen MR) is 209 cm³/mol. The normalized spacial score (nSPS) is 11.8. The number of benzene rings is 7. The molecular weight excluding hydrogens is 641 g/mol. The Bertz CT molecular complexity index is 3210. The van der Waals surface area contributed by atoms with Gasteiger partial charge in [0.1, 0.15) is 16.7 Å². The van der Waals surface area contributed by atoms with Crippen molar-refractivity contribution < 1.29 is 8.83 Å². The van der Waals surface area contributed by atoms with Crippen LogP contribution >= 0.6 is 0 Å². The SMILES string of the molecule is c1cc(-c2nc(-c3ccc4c(c3)oc3ncccc34)nc(-c3cccc4oc5ccccc5c34)n2)cc(-c2cccc3ccc4ccccc4c23)c1. The molecule has 0 aliphatic rings. The van der Waals surface area contributed by atoms with E-state index < -0.39 is 0 Å². The van der Waals surface area contributed by atoms with E-state index in [4.69, 9.17) is 23.8 Å². The summed E-state index contributed by atoms with van der Waals surface area (Å²) in [5.41, 5.74) is 7.74. The van der Waals surface area contributed by atoms with Gasteiger partial charge in [-0.1, -0.05) is 109 Å². The van der Waals surface area contributed by atoms with Crippen molar-refractivity contribution in [3.8, 4) is 45.3 Å². The van der Waals surface area contributed by atoms with E-state index in [1.165, 1.54) is 21.5 Å². The van der Waals surface area contributed by atoms with E-state index in [0.29, 0.717) is 23.2 Å². The zero-order chi connectivity index (χ0) is 34.2. The topological polar surface area (TPSA) is 77.8 Å². The number of nitrogens with zero attached hydrogens (tertiary/aromatic N) is 4. The molecule has 4 aromatic heterocycles. The maximum atomic E-state index is 6.26. The first-order chi connectivity index (χ1) is 25.7. The average Bonchev–Trinajstić information content (AvgIpc) is 3.78. The third kappa shape index (κ3) is 4.44. The molecule has 242 valence electrons. The molecule has 6 heteroatoms. The second-order valence-corrected chi connectivity index (χ2v) is 13.0. The highest BCUT2D eigenvalue weighted by Crippen LogP contribution is 2.39. The van der Waals surface area contributed by atoms with Crippen LogP contribution in [0.3, 0.4) is 0 Å². The van der Waals surface area contributed by atoms with Gasteiger partial charge in [-0.3, -0.25) is 0 Å². The molecule has 11 rings (SSSR count). The Morgan fingerprint density at radius 2 is 1.06 bits per heavy atom. The molecule has 52 heavy (non-hydrogen) atoms. The zero-order valence-corrected chi connectivity index (χ0v) is 27.6. The molecule has 0 radical (unpaired) electrons. The molecule has 6 nitrogen and oxygen atoms in total. The third-order valence-corrected chi connectivity index (χ3v) is 9.99. The molecule has 7 aromatic carbocycles. The quantitative estimate of drug-likeness (QED) is 0.174. The lowest BCUT2D eigenvalue weighted by Crippen LogP contribution is -2.00. The fourth-order valence-electron chi connectivity index (χ4n) is 7.59. The zero-order valence-electron chi connectivity index (χ0n) is 27.6. The Morgan fingerprint density at radius 3 is 2.00 bits per heavy atom. The predicted octanol–water partition coefficient (Wildman–Crippen LogP) is 12.0. The minimum Gasteiger partial charge on any atom is -0.456 e. The highest BCUT2D eigenvalue weighted by atomic mass is 16.3. The van der Waals surface area contributed by atoms with Crippen molar-refractivity contribution in [1.29, 1.82) is 0 Å². The van der Waals surface area contributed by atoms with Crippen molar-refractivity contribution >= 4 is 65.6 Å². The van der Waals surface area contributed by atoms with E-state index in [1.807, 2.05) is 54.6 Å². The smallest absolute Gasteiger partial charge is 0.227 e. The lowest BCUT2D eigenvalue weighted by atomic mass is 9.93. The second-order valence-electron chi connectivity index (χ2n) is 13.0. The average molecular weight is 667 g/mol. The Morgan fingerprint density at radius 1 is 0.365 bits per heavy atom. The molecule has 0 unspecified atom stereocenters. The summed E-state index contributed by atoms with van der Waals surface area (Å²) in [5, 5.41) is 8.80. The molecule has 0 atom stereocenters. The van der Waals surface area contributed by atoms with E-state index in [9.17, 15) is 0 Å². The maximum absolute atomic E-state index is 6.26. The number of furan rings is 2. The summed E-state index contributed by atoms with van der Waals surface area (Å²) in [6, 6.07) is 52.1. The van der Waals surface area contributed by atoms with Crippen LogP contribution in [-0.2, 0) is 0 Å². The molecule has 0 bridgehead atoms. The molecule has 0 amide bonds. The first-order valence-corrected chi connectivity index (χ1v) is 17.2. The number of rotatable bonds is 4. The summed E-state index contributed by atoms with van der Waals surface area (Å²) in [6.45, 7) is 0. The van der Waals surface area contributed by atoms with Crippen molar-refractivity contribution in [2.24, 2.45) is 0 Å². The van der Waals surface area contributed by atoms with E-state index in [0.717, 1.165) is 66.1 Å². The minimum atomic E-state index is 0.543. The van der Waals surface area contributed by atoms with Gasteiger partial charge < -0.3 is 8.83 Å². The van der Waals surface area contributed by atoms with Crippen LogP contribution in [0.2, 0.25) is 0 Å². The summed E-state index contributed by atoms with van der Waals surface area (Å²) in [6.07, 6.45) is 1.74. The van der Waals surface area contributed by atoms with Crippen LogP contribution in [0.1, 0.15) is 0 Å². The Hall–Kier alpha value is -7.18. The van der Waals surface area contributed by atoms with E-state index in [2.05, 4.69) is 102 Å². The highest BCUT2D eigenvalue weighted by molar-refractivity contribution is 6.15. The van der Waals surface area contributed by atoms with E-state index in [1.54, 1.807) is 6.20 Å². The van der Waals surface area contributed by atoms with Crippen molar-refractivity contribution in [1.82, 2.24) is 19.9 Å². The van der Waals surface area contributed by atoms with Crippen LogP contribution in [0, 0.1) is 0 Å². The molecule has 0 aliphatic carbocycles. The van der Waals surface area contributed by atoms with Gasteiger partial charge in [-0.2, -0.15) is 0 Å². The largest absolute Gasteiger partial charge is 0.456 e. The van der Waals surface area contributed by atoms with Crippen LogP contribution in [-0.4, -0.2) is 19.9 Å². The van der Waals surface area contributed by atoms with Gasteiger partial charge in [0.2, 0.25) is 5.71 Å². The fraction of sp³-hybridized carbons (Fsp3) is 0. The summed E-state index contributed by atoms with van der Waals surface area (Å²) in [7, 11) is 0. The van der Waals surface area contributed by atoms with Gasteiger partial charge in [0.15, 0.2) is 17.5 Å². The lowest BCUT2D eigenvalue weighted by Gasteiger charge is -2.12. The summed E-state index contributed by atoms with van der Waals surface area (Å²) < 4.78 is 12.4. The number of hydrogen-bond donors (Lipinski definition) is 0. The molecular formula is C46H26N4O2. The number of para-hydroxylation sites is 1. The number of hydrogen-bond acceptors (Lipinski definition) is 6. The second kappa shape index (κ2) is 11.2. The van der Waals surface area contributed by atoms with Gasteiger partial charge in [-0.05, 0) is 75.1 Å². The van der Waals surface area contributed by atoms with E-state index >= 15 is 0 Å². The Kier molecular flexibility index (Phi) is 6.15. The summed E-state index contributed by atoms with van der Waals surface area (Å²) in [5.74, 6) is 1.68. The molecule has 11 aromatic rings. The number of pyridine rings is 1. The van der Waals surface area contributed by atoms with Crippen LogP contribution < -0.4 is 0 Å². The van der Waals surface area contributed by atoms with Crippen LogP contribution in [0.15, 0.2) is 167 Å². The van der Waals surface area contributed by atoms with E-state index in [-0.39, 0.29) is 0 Å². The molecule has 0 spiro atoms. The standard InChI is InChI=1S/C46H26N4O2/c1-2-13-32-27(9-1)20-21-28-10-6-15-33(41(28)32)29-11-5-12-30(25-29)43-48-44(31-22-23-34-35-17-8-24-47-46(35)52-40(34)26-31)50-45(49-43)37-16-7-19-39-42(37)36-14-3-4-18-38(36)51-39/h1-26H. The fourth-order valence-corrected chi connectivity index (χ4v) is 7.59.